The zero-order valence-corrected chi connectivity index (χ0v) is 15.6. The Hall–Kier alpha value is -2.95. The fourth-order valence-electron chi connectivity index (χ4n) is 2.73. The maximum atomic E-state index is 13.2. The molecule has 0 aromatic heterocycles. The highest BCUT2D eigenvalue weighted by Crippen LogP contribution is 2.36. The summed E-state index contributed by atoms with van der Waals surface area (Å²) >= 11 is 0. The second kappa shape index (κ2) is 9.50. The predicted molar refractivity (Wildman–Crippen MR) is 91.5 cm³/mol. The third kappa shape index (κ3) is 6.56. The van der Waals surface area contributed by atoms with Crippen LogP contribution in [0.2, 0.25) is 0 Å². The molecule has 5 nitrogen and oxygen atoms in total. The predicted octanol–water partition coefficient (Wildman–Crippen LogP) is 4.10. The van der Waals surface area contributed by atoms with Gasteiger partial charge in [0, 0.05) is 19.3 Å². The van der Waals surface area contributed by atoms with Crippen LogP contribution in [0.3, 0.4) is 0 Å². The molecule has 29 heavy (non-hydrogen) atoms. The van der Waals surface area contributed by atoms with Crippen LogP contribution in [0.5, 0.6) is 0 Å². The molecule has 0 aliphatic heterocycles. The van der Waals surface area contributed by atoms with E-state index in [4.69, 9.17) is 10.5 Å². The van der Waals surface area contributed by atoms with Gasteiger partial charge >= 0.3 is 12.4 Å². The third-order valence-corrected chi connectivity index (χ3v) is 4.09. The van der Waals surface area contributed by atoms with Crippen molar-refractivity contribution in [3.63, 3.8) is 0 Å². The van der Waals surface area contributed by atoms with Crippen molar-refractivity contribution in [1.82, 2.24) is 4.90 Å². The van der Waals surface area contributed by atoms with Crippen LogP contribution >= 0.6 is 0 Å². The van der Waals surface area contributed by atoms with Crippen LogP contribution in [0.1, 0.15) is 30.9 Å². The lowest BCUT2D eigenvalue weighted by Crippen LogP contribution is -2.50. The van der Waals surface area contributed by atoms with Crippen molar-refractivity contribution in [3.05, 3.63) is 29.3 Å². The number of likely N-dealkylation sites (N-methyl/N-ethyl adjacent to an activating group) is 1. The highest BCUT2D eigenvalue weighted by Gasteiger charge is 2.39. The van der Waals surface area contributed by atoms with Crippen LogP contribution in [0.25, 0.3) is 0 Å². The molecule has 1 aromatic carbocycles. The first kappa shape index (κ1) is 24.1. The number of hydrogen-bond donors (Lipinski definition) is 0. The number of amides is 1. The first-order valence-electron chi connectivity index (χ1n) is 8.42. The zero-order valence-electron chi connectivity index (χ0n) is 15.6. The molecule has 0 saturated heterocycles. The summed E-state index contributed by atoms with van der Waals surface area (Å²) in [5.41, 5.74) is -2.61. The van der Waals surface area contributed by atoms with Crippen LogP contribution < -0.4 is 4.90 Å². The van der Waals surface area contributed by atoms with Gasteiger partial charge in [-0.3, -0.25) is 4.79 Å². The summed E-state index contributed by atoms with van der Waals surface area (Å²) in [4.78, 5) is 14.2. The number of nitrogens with zero attached hydrogens (tertiary/aromatic N) is 4. The first-order chi connectivity index (χ1) is 13.4. The number of halogens is 6. The Morgan fingerprint density at radius 1 is 1.17 bits per heavy atom. The lowest BCUT2D eigenvalue weighted by Gasteiger charge is -2.35. The minimum atomic E-state index is -4.96. The Morgan fingerprint density at radius 3 is 2.24 bits per heavy atom. The summed E-state index contributed by atoms with van der Waals surface area (Å²) in [5, 5.41) is 17.5. The molecule has 0 spiro atoms. The molecule has 0 bridgehead atoms. The smallest absolute Gasteiger partial charge is 0.350 e. The van der Waals surface area contributed by atoms with E-state index in [1.165, 1.54) is 20.0 Å². The topological polar surface area (TPSA) is 71.1 Å². The molecule has 1 aromatic rings. The van der Waals surface area contributed by atoms with Gasteiger partial charge in [-0.05, 0) is 24.6 Å². The Morgan fingerprint density at radius 2 is 1.79 bits per heavy atom. The molecular formula is C18H18F6N4O. The summed E-state index contributed by atoms with van der Waals surface area (Å²) in [6.07, 6.45) is -9.92. The van der Waals surface area contributed by atoms with Crippen molar-refractivity contribution in [2.45, 2.75) is 38.2 Å². The molecule has 0 fully saturated rings. The minimum absolute atomic E-state index is 0.0349. The molecule has 1 amide bonds. The van der Waals surface area contributed by atoms with Crippen LogP contribution in [-0.2, 0) is 11.0 Å². The molecule has 0 N–H and O–H groups in total. The second-order valence-electron chi connectivity index (χ2n) is 6.17. The van der Waals surface area contributed by atoms with Crippen molar-refractivity contribution >= 4 is 11.6 Å². The summed E-state index contributed by atoms with van der Waals surface area (Å²) in [6.45, 7) is -0.266. The van der Waals surface area contributed by atoms with E-state index in [1.807, 2.05) is 0 Å². The van der Waals surface area contributed by atoms with Crippen molar-refractivity contribution in [2.75, 3.05) is 25.0 Å². The normalized spacial score (nSPS) is 12.6. The van der Waals surface area contributed by atoms with Gasteiger partial charge in [0.05, 0.1) is 29.7 Å². The van der Waals surface area contributed by atoms with Crippen molar-refractivity contribution in [2.24, 2.45) is 0 Å². The summed E-state index contributed by atoms with van der Waals surface area (Å²) < 4.78 is 79.1. The molecule has 0 heterocycles. The fourth-order valence-corrected chi connectivity index (χ4v) is 2.73. The third-order valence-electron chi connectivity index (χ3n) is 4.09. The average molecular weight is 420 g/mol. The van der Waals surface area contributed by atoms with Crippen LogP contribution in [0, 0.1) is 22.7 Å². The van der Waals surface area contributed by atoms with Gasteiger partial charge in [-0.15, -0.1) is 0 Å². The van der Waals surface area contributed by atoms with Gasteiger partial charge in [0.2, 0.25) is 5.91 Å². The minimum Gasteiger partial charge on any atom is -0.350 e. The van der Waals surface area contributed by atoms with Gasteiger partial charge in [0.1, 0.15) is 12.6 Å². The first-order valence-corrected chi connectivity index (χ1v) is 8.42. The number of carbonyl (C=O) groups excluding carboxylic acids is 1. The number of hydrogen-bond acceptors (Lipinski definition) is 4. The van der Waals surface area contributed by atoms with E-state index in [2.05, 4.69) is 0 Å². The van der Waals surface area contributed by atoms with Crippen molar-refractivity contribution < 1.29 is 31.1 Å². The Bertz CT molecular complexity index is 807. The van der Waals surface area contributed by atoms with E-state index in [0.29, 0.717) is 11.0 Å². The molecule has 1 unspecified atom stereocenters. The largest absolute Gasteiger partial charge is 0.417 e. The molecule has 0 aliphatic carbocycles. The van der Waals surface area contributed by atoms with Gasteiger partial charge in [-0.2, -0.15) is 36.9 Å². The summed E-state index contributed by atoms with van der Waals surface area (Å²) in [7, 11) is 1.30. The maximum absolute atomic E-state index is 13.2. The number of carbonyl (C=O) groups is 1. The quantitative estimate of drug-likeness (QED) is 0.623. The molecule has 158 valence electrons. The number of benzene rings is 1. The molecule has 1 atom stereocenters. The van der Waals surface area contributed by atoms with Crippen LogP contribution in [0.4, 0.5) is 32.0 Å². The Labute approximate surface area is 163 Å². The number of nitriles is 2. The summed E-state index contributed by atoms with van der Waals surface area (Å²) in [6, 6.07) is 3.92. The van der Waals surface area contributed by atoms with E-state index in [1.54, 1.807) is 6.07 Å². The van der Waals surface area contributed by atoms with Crippen LogP contribution in [-0.4, -0.2) is 43.2 Å². The van der Waals surface area contributed by atoms with Crippen molar-refractivity contribution in [1.29, 1.82) is 10.5 Å². The second-order valence-corrected chi connectivity index (χ2v) is 6.17. The molecule has 0 saturated carbocycles. The van der Waals surface area contributed by atoms with Gasteiger partial charge in [0.25, 0.3) is 0 Å². The van der Waals surface area contributed by atoms with E-state index in [0.717, 1.165) is 17.0 Å². The lowest BCUT2D eigenvalue weighted by molar-refractivity contribution is -0.137. The SMILES string of the molecule is CCC(C(=O)N(C)CCC#N)N(CC(F)(F)F)c1ccc(C#N)c(C(F)(F)F)c1. The highest BCUT2D eigenvalue weighted by molar-refractivity contribution is 5.85. The fraction of sp³-hybridized carbons (Fsp3) is 0.500. The van der Waals surface area contributed by atoms with Gasteiger partial charge in [-0.25, -0.2) is 0 Å². The molecule has 11 heteroatoms. The molecular weight excluding hydrogens is 402 g/mol. The van der Waals surface area contributed by atoms with Crippen LogP contribution in [0.15, 0.2) is 18.2 Å². The van der Waals surface area contributed by atoms with Gasteiger partial charge in [-0.1, -0.05) is 6.92 Å². The molecule has 0 aliphatic rings. The number of alkyl halides is 6. The lowest BCUT2D eigenvalue weighted by atomic mass is 10.0. The Kier molecular flexibility index (Phi) is 7.89. The monoisotopic (exact) mass is 420 g/mol. The molecule has 0 radical (unpaired) electrons. The zero-order chi connectivity index (χ0) is 22.4. The van der Waals surface area contributed by atoms with Gasteiger partial charge < -0.3 is 9.80 Å². The van der Waals surface area contributed by atoms with E-state index in [9.17, 15) is 31.1 Å². The number of anilines is 1. The summed E-state index contributed by atoms with van der Waals surface area (Å²) in [5.74, 6) is -0.759. The van der Waals surface area contributed by atoms with E-state index >= 15 is 0 Å². The van der Waals surface area contributed by atoms with E-state index < -0.39 is 47.7 Å². The Balaban J connectivity index is 3.47. The maximum Gasteiger partial charge on any atom is 0.417 e. The standard InChI is InChI=1S/C18H18F6N4O/c1-3-15(16(29)27(2)8-4-7-25)28(11-17(19,20)21)13-6-5-12(10-26)14(9-13)18(22,23)24/h5-6,9,15H,3-4,8,11H2,1-2H3. The van der Waals surface area contributed by atoms with Gasteiger partial charge in [0.15, 0.2) is 0 Å². The van der Waals surface area contributed by atoms with Crippen molar-refractivity contribution in [3.8, 4) is 12.1 Å². The number of rotatable bonds is 7. The highest BCUT2D eigenvalue weighted by atomic mass is 19.4. The van der Waals surface area contributed by atoms with E-state index in [-0.39, 0.29) is 19.4 Å². The molecule has 1 rings (SSSR count). The average Bonchev–Trinajstić information content (AvgIpc) is 2.63.